The number of halogens is 1. The van der Waals surface area contributed by atoms with Gasteiger partial charge in [0.15, 0.2) is 5.96 Å². The van der Waals surface area contributed by atoms with Crippen LogP contribution in [0.5, 0.6) is 0 Å². The predicted octanol–water partition coefficient (Wildman–Crippen LogP) is 3.25. The number of hydrogen-bond donors (Lipinski definition) is 1. The van der Waals surface area contributed by atoms with Crippen molar-refractivity contribution in [3.63, 3.8) is 0 Å². The highest BCUT2D eigenvalue weighted by Gasteiger charge is 2.14. The Morgan fingerprint density at radius 1 is 1.20 bits per heavy atom. The first kappa shape index (κ1) is 22.2. The second-order valence-electron chi connectivity index (χ2n) is 6.61. The van der Waals surface area contributed by atoms with Gasteiger partial charge in [-0.05, 0) is 32.6 Å². The average Bonchev–Trinajstić information content (AvgIpc) is 2.81. The van der Waals surface area contributed by atoms with E-state index in [1.165, 1.54) is 37.9 Å². The monoisotopic (exact) mass is 462 g/mol. The van der Waals surface area contributed by atoms with Gasteiger partial charge < -0.3 is 14.8 Å². The number of unbranched alkanes of at least 4 members (excludes halogenated alkanes) is 1. The fourth-order valence-electron chi connectivity index (χ4n) is 3.12. The Hall–Kier alpha value is -0.860. The molecular formula is C18H35IN6. The lowest BCUT2D eigenvalue weighted by molar-refractivity contribution is 0.464. The number of rotatable bonds is 8. The number of fused-ring (bicyclic) bond motifs is 1. The fraction of sp³-hybridized carbons (Fsp3) is 0.833. The normalized spacial score (nSPS) is 14.4. The first-order valence-corrected chi connectivity index (χ1v) is 9.66. The van der Waals surface area contributed by atoms with Crippen LogP contribution in [0.2, 0.25) is 0 Å². The summed E-state index contributed by atoms with van der Waals surface area (Å²) in [4.78, 5) is 7.00. The van der Waals surface area contributed by atoms with Crippen LogP contribution in [-0.4, -0.2) is 52.3 Å². The molecule has 0 unspecified atom stereocenters. The number of hydrogen-bond acceptors (Lipinski definition) is 3. The maximum atomic E-state index is 4.77. The van der Waals surface area contributed by atoms with Crippen molar-refractivity contribution in [2.75, 3.05) is 26.7 Å². The molecule has 0 amide bonds. The lowest BCUT2D eigenvalue weighted by atomic mass is 10.2. The van der Waals surface area contributed by atoms with E-state index >= 15 is 0 Å². The largest absolute Gasteiger partial charge is 0.357 e. The van der Waals surface area contributed by atoms with Gasteiger partial charge in [-0.2, -0.15) is 0 Å². The van der Waals surface area contributed by atoms with Gasteiger partial charge in [0.25, 0.3) is 0 Å². The van der Waals surface area contributed by atoms with E-state index in [4.69, 9.17) is 4.99 Å². The first-order valence-electron chi connectivity index (χ1n) is 9.66. The van der Waals surface area contributed by atoms with E-state index < -0.39 is 0 Å². The van der Waals surface area contributed by atoms with Crippen LogP contribution in [-0.2, 0) is 19.4 Å². The summed E-state index contributed by atoms with van der Waals surface area (Å²) in [5.74, 6) is 3.34. The molecule has 0 radical (unpaired) electrons. The number of aromatic nitrogens is 3. The Bertz CT molecular complexity index is 514. The molecule has 2 rings (SSSR count). The maximum Gasteiger partial charge on any atom is 0.193 e. The van der Waals surface area contributed by atoms with Gasteiger partial charge in [-0.15, -0.1) is 34.2 Å². The van der Waals surface area contributed by atoms with Gasteiger partial charge in [-0.1, -0.05) is 19.8 Å². The zero-order valence-electron chi connectivity index (χ0n) is 16.1. The van der Waals surface area contributed by atoms with E-state index in [2.05, 4.69) is 45.9 Å². The molecule has 1 aromatic rings. The zero-order valence-corrected chi connectivity index (χ0v) is 18.5. The van der Waals surface area contributed by atoms with Crippen molar-refractivity contribution in [2.45, 2.75) is 71.8 Å². The average molecular weight is 462 g/mol. The quantitative estimate of drug-likeness (QED) is 0.279. The molecule has 0 saturated carbocycles. The van der Waals surface area contributed by atoms with Gasteiger partial charge in [0.2, 0.25) is 0 Å². The molecule has 1 N–H and O–H groups in total. The van der Waals surface area contributed by atoms with E-state index in [0.29, 0.717) is 0 Å². The van der Waals surface area contributed by atoms with Crippen molar-refractivity contribution in [3.05, 3.63) is 11.6 Å². The summed E-state index contributed by atoms with van der Waals surface area (Å²) in [6, 6.07) is 0. The lowest BCUT2D eigenvalue weighted by Gasteiger charge is -2.21. The summed E-state index contributed by atoms with van der Waals surface area (Å²) < 4.78 is 2.34. The summed E-state index contributed by atoms with van der Waals surface area (Å²) >= 11 is 0. The number of guanidine groups is 1. The second kappa shape index (κ2) is 12.5. The van der Waals surface area contributed by atoms with Crippen LogP contribution < -0.4 is 5.32 Å². The Kier molecular flexibility index (Phi) is 11.1. The van der Waals surface area contributed by atoms with Crippen LogP contribution in [0, 0.1) is 0 Å². The fourth-order valence-corrected chi connectivity index (χ4v) is 3.12. The molecule has 0 fully saturated rings. The molecule has 144 valence electrons. The SMILES string of the molecule is CCCCN(C)C(=NCCCc1nnc2n1CCCCC2)NCC.I. The third-order valence-electron chi connectivity index (χ3n) is 4.55. The summed E-state index contributed by atoms with van der Waals surface area (Å²) in [7, 11) is 2.12. The Morgan fingerprint density at radius 3 is 2.80 bits per heavy atom. The number of aryl methyl sites for hydroxylation is 2. The van der Waals surface area contributed by atoms with Gasteiger partial charge >= 0.3 is 0 Å². The van der Waals surface area contributed by atoms with Crippen LogP contribution in [0.3, 0.4) is 0 Å². The van der Waals surface area contributed by atoms with E-state index in [-0.39, 0.29) is 24.0 Å². The molecule has 1 aromatic heterocycles. The predicted molar refractivity (Wildman–Crippen MR) is 115 cm³/mol. The highest BCUT2D eigenvalue weighted by Crippen LogP contribution is 2.15. The van der Waals surface area contributed by atoms with Crippen molar-refractivity contribution >= 4 is 29.9 Å². The second-order valence-corrected chi connectivity index (χ2v) is 6.61. The number of aliphatic imine (C=N–C) groups is 1. The molecule has 1 aliphatic heterocycles. The van der Waals surface area contributed by atoms with Gasteiger partial charge in [-0.3, -0.25) is 4.99 Å². The molecule has 0 atom stereocenters. The van der Waals surface area contributed by atoms with Crippen molar-refractivity contribution in [1.29, 1.82) is 0 Å². The van der Waals surface area contributed by atoms with E-state index in [0.717, 1.165) is 57.2 Å². The molecule has 1 aliphatic rings. The Labute approximate surface area is 169 Å². The minimum atomic E-state index is 0. The molecule has 6 nitrogen and oxygen atoms in total. The molecule has 7 heteroatoms. The number of nitrogens with zero attached hydrogens (tertiary/aromatic N) is 5. The summed E-state index contributed by atoms with van der Waals surface area (Å²) in [5.41, 5.74) is 0. The summed E-state index contributed by atoms with van der Waals surface area (Å²) in [6.45, 7) is 8.23. The lowest BCUT2D eigenvalue weighted by Crippen LogP contribution is -2.39. The van der Waals surface area contributed by atoms with Gasteiger partial charge in [0.1, 0.15) is 11.6 Å². The minimum absolute atomic E-state index is 0. The van der Waals surface area contributed by atoms with E-state index in [1.54, 1.807) is 0 Å². The third-order valence-corrected chi connectivity index (χ3v) is 4.55. The standard InChI is InChI=1S/C18H34N6.HI/c1-4-6-14-23(3)18(19-5-2)20-13-10-12-17-22-21-16-11-8-7-9-15-24(16)17;/h4-15H2,1-3H3,(H,19,20);1H. The van der Waals surface area contributed by atoms with E-state index in [9.17, 15) is 0 Å². The summed E-state index contributed by atoms with van der Waals surface area (Å²) in [5, 5.41) is 12.2. The maximum absolute atomic E-state index is 4.77. The van der Waals surface area contributed by atoms with Gasteiger partial charge in [0.05, 0.1) is 0 Å². The third kappa shape index (κ3) is 7.11. The molecule has 25 heavy (non-hydrogen) atoms. The van der Waals surface area contributed by atoms with Gasteiger partial charge in [0, 0.05) is 46.1 Å². The molecule has 2 heterocycles. The highest BCUT2D eigenvalue weighted by molar-refractivity contribution is 14.0. The van der Waals surface area contributed by atoms with Crippen molar-refractivity contribution in [2.24, 2.45) is 4.99 Å². The van der Waals surface area contributed by atoms with Crippen molar-refractivity contribution in [3.8, 4) is 0 Å². The minimum Gasteiger partial charge on any atom is -0.357 e. The molecule has 0 saturated heterocycles. The van der Waals surface area contributed by atoms with Gasteiger partial charge in [-0.25, -0.2) is 0 Å². The van der Waals surface area contributed by atoms with Crippen LogP contribution in [0.25, 0.3) is 0 Å². The Morgan fingerprint density at radius 2 is 2.04 bits per heavy atom. The topological polar surface area (TPSA) is 58.3 Å². The molecule has 0 aromatic carbocycles. The van der Waals surface area contributed by atoms with E-state index in [1.807, 2.05) is 0 Å². The van der Waals surface area contributed by atoms with Crippen molar-refractivity contribution < 1.29 is 0 Å². The van der Waals surface area contributed by atoms with Crippen molar-refractivity contribution in [1.82, 2.24) is 25.0 Å². The molecule has 0 bridgehead atoms. The van der Waals surface area contributed by atoms with Crippen LogP contribution in [0.1, 0.15) is 64.0 Å². The molecular weight excluding hydrogens is 427 g/mol. The van der Waals surface area contributed by atoms with Crippen LogP contribution >= 0.6 is 24.0 Å². The highest BCUT2D eigenvalue weighted by atomic mass is 127. The smallest absolute Gasteiger partial charge is 0.193 e. The van der Waals surface area contributed by atoms with Crippen LogP contribution in [0.15, 0.2) is 4.99 Å². The van der Waals surface area contributed by atoms with Crippen LogP contribution in [0.4, 0.5) is 0 Å². The zero-order chi connectivity index (χ0) is 17.2. The Balaban J connectivity index is 0.00000312. The first-order chi connectivity index (χ1) is 11.8. The molecule has 0 spiro atoms. The number of nitrogens with one attached hydrogen (secondary N) is 1. The summed E-state index contributed by atoms with van der Waals surface area (Å²) in [6.07, 6.45) is 9.29. The molecule has 0 aliphatic carbocycles.